The molecule has 25 heavy (non-hydrogen) atoms. The molecule has 0 amide bonds. The van der Waals surface area contributed by atoms with E-state index in [0.29, 0.717) is 12.3 Å². The standard InChI is InChI=1S/C19H21N5O/c1-12-10-16(25-2)18(14-8-9-20-19(12)14)15(11-17-21-23-24-22-17)13-6-4-3-5-7-13/h3-6,8-10,13,15,20H,7,11H2,1-2H3,(H,21,22,23,24). The van der Waals surface area contributed by atoms with Crippen molar-refractivity contribution in [2.45, 2.75) is 25.7 Å². The van der Waals surface area contributed by atoms with E-state index in [1.54, 1.807) is 7.11 Å². The predicted octanol–water partition coefficient (Wildman–Crippen LogP) is 3.46. The van der Waals surface area contributed by atoms with Crippen molar-refractivity contribution in [3.8, 4) is 5.75 Å². The second kappa shape index (κ2) is 6.55. The highest BCUT2D eigenvalue weighted by atomic mass is 16.5. The number of aromatic nitrogens is 5. The van der Waals surface area contributed by atoms with Crippen LogP contribution in [-0.2, 0) is 6.42 Å². The molecule has 3 aromatic rings. The Morgan fingerprint density at radius 1 is 1.36 bits per heavy atom. The van der Waals surface area contributed by atoms with Crippen LogP contribution in [0.1, 0.15) is 29.3 Å². The second-order valence-electron chi connectivity index (χ2n) is 6.43. The number of rotatable bonds is 5. The maximum atomic E-state index is 5.77. The van der Waals surface area contributed by atoms with Gasteiger partial charge in [-0.05, 0) is 37.0 Å². The summed E-state index contributed by atoms with van der Waals surface area (Å²) < 4.78 is 5.77. The van der Waals surface area contributed by atoms with Crippen LogP contribution in [0.25, 0.3) is 10.9 Å². The lowest BCUT2D eigenvalue weighted by Gasteiger charge is -2.27. The van der Waals surface area contributed by atoms with Crippen molar-refractivity contribution in [1.29, 1.82) is 0 Å². The molecule has 128 valence electrons. The zero-order chi connectivity index (χ0) is 17.2. The van der Waals surface area contributed by atoms with Crippen LogP contribution in [0, 0.1) is 12.8 Å². The first-order chi connectivity index (χ1) is 12.3. The van der Waals surface area contributed by atoms with Gasteiger partial charge in [0.1, 0.15) is 5.75 Å². The molecule has 1 aromatic carbocycles. The fourth-order valence-electron chi connectivity index (χ4n) is 3.78. The molecule has 1 aliphatic carbocycles. The van der Waals surface area contributed by atoms with Gasteiger partial charge in [0.15, 0.2) is 5.82 Å². The summed E-state index contributed by atoms with van der Waals surface area (Å²) in [7, 11) is 1.73. The molecule has 2 unspecified atom stereocenters. The van der Waals surface area contributed by atoms with E-state index in [4.69, 9.17) is 4.74 Å². The van der Waals surface area contributed by atoms with Crippen molar-refractivity contribution in [2.75, 3.05) is 7.11 Å². The Morgan fingerprint density at radius 2 is 2.28 bits per heavy atom. The fraction of sp³-hybridized carbons (Fsp3) is 0.316. The molecule has 0 saturated carbocycles. The van der Waals surface area contributed by atoms with Gasteiger partial charge in [-0.3, -0.25) is 0 Å². The van der Waals surface area contributed by atoms with E-state index >= 15 is 0 Å². The van der Waals surface area contributed by atoms with Crippen LogP contribution < -0.4 is 4.74 Å². The Hall–Kier alpha value is -2.89. The van der Waals surface area contributed by atoms with Crippen LogP contribution in [0.15, 0.2) is 42.6 Å². The number of hydrogen-bond acceptors (Lipinski definition) is 4. The summed E-state index contributed by atoms with van der Waals surface area (Å²) in [4.78, 5) is 3.36. The van der Waals surface area contributed by atoms with Crippen molar-refractivity contribution in [2.24, 2.45) is 5.92 Å². The molecule has 2 heterocycles. The number of nitrogens with zero attached hydrogens (tertiary/aromatic N) is 3. The number of fused-ring (bicyclic) bond motifs is 1. The average molecular weight is 335 g/mol. The molecule has 0 bridgehead atoms. The first-order valence-corrected chi connectivity index (χ1v) is 8.48. The molecule has 2 aromatic heterocycles. The van der Waals surface area contributed by atoms with Crippen molar-refractivity contribution >= 4 is 10.9 Å². The van der Waals surface area contributed by atoms with Crippen LogP contribution in [0.4, 0.5) is 0 Å². The first-order valence-electron chi connectivity index (χ1n) is 8.48. The summed E-state index contributed by atoms with van der Waals surface area (Å²) >= 11 is 0. The van der Waals surface area contributed by atoms with Gasteiger partial charge in [0.25, 0.3) is 0 Å². The Labute approximate surface area is 146 Å². The van der Waals surface area contributed by atoms with Crippen LogP contribution in [-0.4, -0.2) is 32.7 Å². The van der Waals surface area contributed by atoms with Crippen molar-refractivity contribution in [3.63, 3.8) is 0 Å². The van der Waals surface area contributed by atoms with Crippen molar-refractivity contribution < 1.29 is 4.74 Å². The summed E-state index contributed by atoms with van der Waals surface area (Å²) in [5.41, 5.74) is 3.54. The van der Waals surface area contributed by atoms with E-state index in [9.17, 15) is 0 Å². The van der Waals surface area contributed by atoms with Gasteiger partial charge >= 0.3 is 0 Å². The summed E-state index contributed by atoms with van der Waals surface area (Å²) in [6.45, 7) is 2.10. The van der Waals surface area contributed by atoms with Crippen molar-refractivity contribution in [1.82, 2.24) is 25.6 Å². The third-order valence-corrected chi connectivity index (χ3v) is 4.96. The molecule has 2 N–H and O–H groups in total. The van der Waals surface area contributed by atoms with Gasteiger partial charge in [0, 0.05) is 35.0 Å². The largest absolute Gasteiger partial charge is 0.496 e. The smallest absolute Gasteiger partial charge is 0.175 e. The minimum absolute atomic E-state index is 0.202. The SMILES string of the molecule is COc1cc(C)c2[nH]ccc2c1C(Cc1nn[nH]n1)C1C=CC=CC1. The molecule has 2 atom stereocenters. The van der Waals surface area contributed by atoms with Crippen molar-refractivity contribution in [3.05, 3.63) is 59.6 Å². The molecule has 6 heteroatoms. The Balaban J connectivity index is 1.87. The van der Waals surface area contributed by atoms with Gasteiger partial charge in [-0.1, -0.05) is 29.5 Å². The van der Waals surface area contributed by atoms with E-state index in [0.717, 1.165) is 23.5 Å². The monoisotopic (exact) mass is 335 g/mol. The molecule has 6 nitrogen and oxygen atoms in total. The number of aromatic amines is 2. The topological polar surface area (TPSA) is 79.5 Å². The number of benzene rings is 1. The number of hydrogen-bond donors (Lipinski definition) is 2. The fourth-order valence-corrected chi connectivity index (χ4v) is 3.78. The van der Waals surface area contributed by atoms with Crippen LogP contribution in [0.2, 0.25) is 0 Å². The van der Waals surface area contributed by atoms with Gasteiger partial charge in [-0.25, -0.2) is 0 Å². The number of allylic oxidation sites excluding steroid dienone is 4. The molecule has 0 aliphatic heterocycles. The molecule has 4 rings (SSSR count). The summed E-state index contributed by atoms with van der Waals surface area (Å²) in [5, 5.41) is 15.8. The first kappa shape index (κ1) is 15.6. The Bertz CT molecular complexity index is 923. The van der Waals surface area contributed by atoms with Gasteiger partial charge < -0.3 is 9.72 Å². The lowest BCUT2D eigenvalue weighted by molar-refractivity contribution is 0.395. The summed E-state index contributed by atoms with van der Waals surface area (Å²) in [6.07, 6.45) is 12.4. The highest BCUT2D eigenvalue weighted by molar-refractivity contribution is 5.88. The number of aryl methyl sites for hydroxylation is 1. The number of ether oxygens (including phenoxy) is 1. The number of methoxy groups -OCH3 is 1. The quantitative estimate of drug-likeness (QED) is 0.748. The van der Waals surface area contributed by atoms with E-state index in [2.05, 4.69) is 69.0 Å². The van der Waals surface area contributed by atoms with E-state index in [1.165, 1.54) is 16.5 Å². The van der Waals surface area contributed by atoms with Crippen LogP contribution in [0.3, 0.4) is 0 Å². The van der Waals surface area contributed by atoms with Crippen LogP contribution >= 0.6 is 0 Å². The number of nitrogens with one attached hydrogen (secondary N) is 2. The summed E-state index contributed by atoms with van der Waals surface area (Å²) in [6, 6.07) is 4.24. The Kier molecular flexibility index (Phi) is 4.09. The third kappa shape index (κ3) is 2.84. The minimum Gasteiger partial charge on any atom is -0.496 e. The lowest BCUT2D eigenvalue weighted by Crippen LogP contribution is -2.17. The summed E-state index contributed by atoms with van der Waals surface area (Å²) in [5.74, 6) is 2.20. The minimum atomic E-state index is 0.202. The molecule has 0 saturated heterocycles. The van der Waals surface area contributed by atoms with E-state index in [-0.39, 0.29) is 5.92 Å². The highest BCUT2D eigenvalue weighted by Gasteiger charge is 2.28. The maximum Gasteiger partial charge on any atom is 0.175 e. The van der Waals surface area contributed by atoms with Gasteiger partial charge in [0.2, 0.25) is 0 Å². The van der Waals surface area contributed by atoms with Crippen LogP contribution in [0.5, 0.6) is 5.75 Å². The zero-order valence-corrected chi connectivity index (χ0v) is 14.4. The highest BCUT2D eigenvalue weighted by Crippen LogP contribution is 2.42. The molecule has 0 radical (unpaired) electrons. The van der Waals surface area contributed by atoms with E-state index in [1.807, 2.05) is 6.20 Å². The number of H-pyrrole nitrogens is 2. The van der Waals surface area contributed by atoms with Gasteiger partial charge in [0.05, 0.1) is 7.11 Å². The zero-order valence-electron chi connectivity index (χ0n) is 14.4. The van der Waals surface area contributed by atoms with Gasteiger partial charge in [-0.2, -0.15) is 5.21 Å². The number of tetrazole rings is 1. The molecular formula is C19H21N5O. The normalized spacial score (nSPS) is 17.9. The van der Waals surface area contributed by atoms with E-state index < -0.39 is 0 Å². The molecular weight excluding hydrogens is 314 g/mol. The second-order valence-corrected chi connectivity index (χ2v) is 6.43. The predicted molar refractivity (Wildman–Crippen MR) is 96.6 cm³/mol. The molecule has 0 spiro atoms. The van der Waals surface area contributed by atoms with Gasteiger partial charge in [-0.15, -0.1) is 10.2 Å². The Morgan fingerprint density at radius 3 is 3.00 bits per heavy atom. The average Bonchev–Trinajstić information content (AvgIpc) is 3.33. The third-order valence-electron chi connectivity index (χ3n) is 4.96. The molecule has 0 fully saturated rings. The lowest BCUT2D eigenvalue weighted by atomic mass is 9.78. The maximum absolute atomic E-state index is 5.77. The molecule has 1 aliphatic rings.